The lowest BCUT2D eigenvalue weighted by Gasteiger charge is -2.32. The average Bonchev–Trinajstić information content (AvgIpc) is 2.77. The van der Waals surface area contributed by atoms with Gasteiger partial charge in [0.15, 0.2) is 0 Å². The molecule has 30 heavy (non-hydrogen) atoms. The summed E-state index contributed by atoms with van der Waals surface area (Å²) >= 11 is 6.00. The van der Waals surface area contributed by atoms with Crippen molar-refractivity contribution in [2.45, 2.75) is 6.10 Å². The number of fused-ring (bicyclic) bond motifs is 1. The van der Waals surface area contributed by atoms with Crippen molar-refractivity contribution in [3.05, 3.63) is 71.3 Å². The number of rotatable bonds is 5. The first kappa shape index (κ1) is 20.3. The number of nitrogens with zero attached hydrogens (tertiary/aromatic N) is 3. The second-order valence-electron chi connectivity index (χ2n) is 6.75. The Labute approximate surface area is 177 Å². The molecule has 0 spiro atoms. The van der Waals surface area contributed by atoms with Crippen LogP contribution in [0.5, 0.6) is 5.88 Å². The zero-order chi connectivity index (χ0) is 20.9. The molecular weight excluding hydrogens is 409 g/mol. The van der Waals surface area contributed by atoms with Crippen molar-refractivity contribution in [1.82, 2.24) is 14.9 Å². The normalized spacial score (nSPS) is 16.9. The van der Waals surface area contributed by atoms with Crippen molar-refractivity contribution in [2.24, 2.45) is 0 Å². The van der Waals surface area contributed by atoms with Crippen LogP contribution >= 0.6 is 11.6 Å². The molecule has 1 aromatic heterocycles. The van der Waals surface area contributed by atoms with E-state index in [-0.39, 0.29) is 29.2 Å². The molecule has 1 amide bonds. The number of carbonyl (C=O) groups excluding carboxylic acids is 1. The molecule has 1 aliphatic rings. The number of hydrogen-bond acceptors (Lipinski definition) is 5. The summed E-state index contributed by atoms with van der Waals surface area (Å²) in [4.78, 5) is 22.6. The number of hydrogen-bond donors (Lipinski definition) is 0. The summed E-state index contributed by atoms with van der Waals surface area (Å²) in [6, 6.07) is 12.0. The van der Waals surface area contributed by atoms with Gasteiger partial charge in [0.2, 0.25) is 11.8 Å². The summed E-state index contributed by atoms with van der Waals surface area (Å²) in [5, 5.41) is 1.07. The molecule has 2 aromatic carbocycles. The molecule has 0 saturated carbocycles. The van der Waals surface area contributed by atoms with Gasteiger partial charge in [-0.2, -0.15) is 0 Å². The van der Waals surface area contributed by atoms with Gasteiger partial charge in [0.1, 0.15) is 24.9 Å². The monoisotopic (exact) mass is 427 g/mol. The first-order valence-corrected chi connectivity index (χ1v) is 9.85. The van der Waals surface area contributed by atoms with Gasteiger partial charge in [-0.05, 0) is 30.3 Å². The van der Waals surface area contributed by atoms with Crippen LogP contribution in [0.2, 0.25) is 5.02 Å². The lowest BCUT2D eigenvalue weighted by molar-refractivity contribution is -0.134. The number of ether oxygens (including phenoxy) is 2. The van der Waals surface area contributed by atoms with Gasteiger partial charge in [-0.1, -0.05) is 29.8 Å². The van der Waals surface area contributed by atoms with E-state index in [0.29, 0.717) is 25.6 Å². The molecule has 0 N–H and O–H groups in total. The average molecular weight is 428 g/mol. The number of amides is 1. The molecule has 0 radical (unpaired) electrons. The highest BCUT2D eigenvalue weighted by Crippen LogP contribution is 2.22. The summed E-state index contributed by atoms with van der Waals surface area (Å²) in [5.41, 5.74) is 0.983. The maximum atomic E-state index is 13.9. The minimum absolute atomic E-state index is 0.191. The Morgan fingerprint density at radius 1 is 1.27 bits per heavy atom. The van der Waals surface area contributed by atoms with Gasteiger partial charge in [-0.15, -0.1) is 0 Å². The fourth-order valence-electron chi connectivity index (χ4n) is 3.22. The van der Waals surface area contributed by atoms with Gasteiger partial charge in [0.05, 0.1) is 29.1 Å². The molecule has 1 unspecified atom stereocenters. The zero-order valence-corrected chi connectivity index (χ0v) is 16.8. The first-order chi connectivity index (χ1) is 14.6. The predicted molar refractivity (Wildman–Crippen MR) is 112 cm³/mol. The summed E-state index contributed by atoms with van der Waals surface area (Å²) in [6.07, 6.45) is 3.87. The Morgan fingerprint density at radius 3 is 3.00 bits per heavy atom. The largest absolute Gasteiger partial charge is 0.474 e. The lowest BCUT2D eigenvalue weighted by Crippen LogP contribution is -2.47. The van der Waals surface area contributed by atoms with Crippen LogP contribution < -0.4 is 4.74 Å². The van der Waals surface area contributed by atoms with E-state index in [1.165, 1.54) is 30.6 Å². The topological polar surface area (TPSA) is 64.6 Å². The third kappa shape index (κ3) is 4.58. The minimum Gasteiger partial charge on any atom is -0.474 e. The molecule has 1 fully saturated rings. The van der Waals surface area contributed by atoms with Gasteiger partial charge in [0, 0.05) is 18.2 Å². The van der Waals surface area contributed by atoms with E-state index in [4.69, 9.17) is 21.1 Å². The molecular formula is C22H19ClFN3O3. The third-order valence-electron chi connectivity index (χ3n) is 4.75. The second kappa shape index (κ2) is 9.19. The minimum atomic E-state index is -0.475. The van der Waals surface area contributed by atoms with Gasteiger partial charge < -0.3 is 14.4 Å². The van der Waals surface area contributed by atoms with Crippen molar-refractivity contribution < 1.29 is 18.7 Å². The van der Waals surface area contributed by atoms with Crippen LogP contribution in [0.3, 0.4) is 0 Å². The molecule has 1 saturated heterocycles. The van der Waals surface area contributed by atoms with Crippen molar-refractivity contribution in [1.29, 1.82) is 0 Å². The SMILES string of the molecule is O=C(/C=C/c1c(F)cccc1Cl)N1CCOC(COc2ncnc3ccccc23)C1. The highest BCUT2D eigenvalue weighted by atomic mass is 35.5. The van der Waals surface area contributed by atoms with Gasteiger partial charge in [-0.25, -0.2) is 14.4 Å². The molecule has 0 aliphatic carbocycles. The maximum absolute atomic E-state index is 13.9. The molecule has 1 aliphatic heterocycles. The summed E-state index contributed by atoms with van der Waals surface area (Å²) < 4.78 is 25.4. The molecule has 2 heterocycles. The second-order valence-corrected chi connectivity index (χ2v) is 7.16. The number of para-hydroxylation sites is 1. The molecule has 1 atom stereocenters. The van der Waals surface area contributed by atoms with Crippen LogP contribution in [-0.2, 0) is 9.53 Å². The number of morpholine rings is 1. The highest BCUT2D eigenvalue weighted by Gasteiger charge is 2.24. The fourth-order valence-corrected chi connectivity index (χ4v) is 3.44. The molecule has 8 heteroatoms. The van der Waals surface area contributed by atoms with Crippen LogP contribution in [-0.4, -0.2) is 53.2 Å². The van der Waals surface area contributed by atoms with E-state index in [0.717, 1.165) is 10.9 Å². The standard InChI is InChI=1S/C22H19ClFN3O3/c23-18-5-3-6-19(24)16(18)8-9-21(28)27-10-11-29-15(12-27)13-30-22-17-4-1-2-7-20(17)25-14-26-22/h1-9,14-15H,10-13H2/b9-8+. The zero-order valence-electron chi connectivity index (χ0n) is 16.0. The van der Waals surface area contributed by atoms with Crippen molar-refractivity contribution in [3.63, 3.8) is 0 Å². The van der Waals surface area contributed by atoms with Crippen molar-refractivity contribution >= 4 is 34.5 Å². The Balaban J connectivity index is 1.38. The van der Waals surface area contributed by atoms with Gasteiger partial charge in [0.25, 0.3) is 0 Å². The Hall–Kier alpha value is -3.03. The predicted octanol–water partition coefficient (Wildman–Crippen LogP) is 3.74. The van der Waals surface area contributed by atoms with Crippen molar-refractivity contribution in [3.8, 4) is 5.88 Å². The highest BCUT2D eigenvalue weighted by molar-refractivity contribution is 6.32. The number of benzene rings is 2. The Bertz CT molecular complexity index is 1070. The quantitative estimate of drug-likeness (QED) is 0.580. The van der Waals surface area contributed by atoms with E-state index in [1.807, 2.05) is 24.3 Å². The number of carbonyl (C=O) groups is 1. The van der Waals surface area contributed by atoms with Gasteiger partial charge >= 0.3 is 0 Å². The van der Waals surface area contributed by atoms with Crippen LogP contribution in [0, 0.1) is 5.82 Å². The molecule has 0 bridgehead atoms. The van der Waals surface area contributed by atoms with Crippen LogP contribution in [0.15, 0.2) is 54.9 Å². The molecule has 3 aromatic rings. The van der Waals surface area contributed by atoms with E-state index in [9.17, 15) is 9.18 Å². The van der Waals surface area contributed by atoms with Crippen LogP contribution in [0.25, 0.3) is 17.0 Å². The first-order valence-electron chi connectivity index (χ1n) is 9.47. The fraction of sp³-hybridized carbons (Fsp3) is 0.227. The van der Waals surface area contributed by atoms with Crippen LogP contribution in [0.4, 0.5) is 4.39 Å². The van der Waals surface area contributed by atoms with E-state index >= 15 is 0 Å². The van der Waals surface area contributed by atoms with E-state index in [2.05, 4.69) is 9.97 Å². The summed E-state index contributed by atoms with van der Waals surface area (Å²) in [7, 11) is 0. The van der Waals surface area contributed by atoms with Gasteiger partial charge in [-0.3, -0.25) is 4.79 Å². The smallest absolute Gasteiger partial charge is 0.246 e. The Kier molecular flexibility index (Phi) is 6.21. The van der Waals surface area contributed by atoms with E-state index < -0.39 is 5.82 Å². The maximum Gasteiger partial charge on any atom is 0.246 e. The summed E-state index contributed by atoms with van der Waals surface area (Å²) in [5.74, 6) is -0.242. The molecule has 6 nitrogen and oxygen atoms in total. The van der Waals surface area contributed by atoms with Crippen molar-refractivity contribution in [2.75, 3.05) is 26.3 Å². The third-order valence-corrected chi connectivity index (χ3v) is 5.08. The van der Waals surface area contributed by atoms with E-state index in [1.54, 1.807) is 11.0 Å². The lowest BCUT2D eigenvalue weighted by atomic mass is 10.2. The summed E-state index contributed by atoms with van der Waals surface area (Å²) in [6.45, 7) is 1.44. The Morgan fingerprint density at radius 2 is 2.13 bits per heavy atom. The molecule has 4 rings (SSSR count). The molecule has 154 valence electrons. The number of halogens is 2. The number of aromatic nitrogens is 2. The van der Waals surface area contributed by atoms with Crippen LogP contribution in [0.1, 0.15) is 5.56 Å².